The smallest absolute Gasteiger partial charge is 0.253 e. The van der Waals surface area contributed by atoms with Crippen LogP contribution in [0.15, 0.2) is 77.7 Å². The van der Waals surface area contributed by atoms with Gasteiger partial charge in [-0.1, -0.05) is 30.3 Å². The molecule has 1 aromatic heterocycles. The first-order valence-corrected chi connectivity index (χ1v) is 18.4. The van der Waals surface area contributed by atoms with E-state index in [1.165, 1.54) is 6.26 Å². The van der Waals surface area contributed by atoms with Crippen LogP contribution >= 0.6 is 0 Å². The number of carbonyl (C=O) groups is 1. The second-order valence-electron chi connectivity index (χ2n) is 13.1. The van der Waals surface area contributed by atoms with Gasteiger partial charge >= 0.3 is 0 Å². The van der Waals surface area contributed by atoms with Crippen LogP contribution in [0, 0.1) is 0 Å². The van der Waals surface area contributed by atoms with Crippen molar-refractivity contribution in [2.45, 2.75) is 48.7 Å². The molecule has 1 amide bonds. The number of likely N-dealkylation sites (tertiary alicyclic amines) is 1. The van der Waals surface area contributed by atoms with Crippen molar-refractivity contribution < 1.29 is 22.7 Å². The fourth-order valence-corrected chi connectivity index (χ4v) is 7.82. The Bertz CT molecular complexity index is 1860. The van der Waals surface area contributed by atoms with Gasteiger partial charge < -0.3 is 14.8 Å². The molecule has 3 fully saturated rings. The lowest BCUT2D eigenvalue weighted by Gasteiger charge is -2.40. The second kappa shape index (κ2) is 13.0. The van der Waals surface area contributed by atoms with Crippen LogP contribution in [0.1, 0.15) is 47.2 Å². The van der Waals surface area contributed by atoms with Gasteiger partial charge in [0.2, 0.25) is 0 Å². The van der Waals surface area contributed by atoms with Crippen LogP contribution < -0.4 is 10.1 Å². The largest absolute Gasteiger partial charge is 0.497 e. The topological polar surface area (TPSA) is 101 Å². The van der Waals surface area contributed by atoms with Crippen LogP contribution in [0.25, 0.3) is 22.2 Å². The fourth-order valence-electron chi connectivity index (χ4n) is 7.17. The van der Waals surface area contributed by atoms with E-state index in [4.69, 9.17) is 14.5 Å². The van der Waals surface area contributed by atoms with Crippen molar-refractivity contribution in [3.8, 4) is 17.0 Å². The summed E-state index contributed by atoms with van der Waals surface area (Å²) in [5.74, 6) is 0.521. The summed E-state index contributed by atoms with van der Waals surface area (Å²) in [7, 11) is -1.89. The number of aromatic nitrogens is 1. The van der Waals surface area contributed by atoms with E-state index in [1.54, 1.807) is 25.3 Å². The number of amides is 1. The van der Waals surface area contributed by atoms with Gasteiger partial charge in [-0.3, -0.25) is 14.6 Å². The first kappa shape index (κ1) is 31.8. The summed E-state index contributed by atoms with van der Waals surface area (Å²) in [6.45, 7) is 5.80. The van der Waals surface area contributed by atoms with Crippen LogP contribution in [0.4, 0.5) is 0 Å². The summed E-state index contributed by atoms with van der Waals surface area (Å²) in [5.41, 5.74) is 4.09. The Labute approximate surface area is 276 Å². The molecular formula is C37H42N4O5S. The molecule has 2 saturated heterocycles. The second-order valence-corrected chi connectivity index (χ2v) is 15.1. The quantitative estimate of drug-likeness (QED) is 0.268. The van der Waals surface area contributed by atoms with Crippen LogP contribution in [-0.2, 0) is 26.7 Å². The zero-order valence-corrected chi connectivity index (χ0v) is 27.9. The Balaban J connectivity index is 1.33. The highest BCUT2D eigenvalue weighted by Crippen LogP contribution is 2.46. The van der Waals surface area contributed by atoms with Crippen molar-refractivity contribution in [2.75, 3.05) is 52.8 Å². The number of rotatable bonds is 9. The lowest BCUT2D eigenvalue weighted by molar-refractivity contribution is 0.000225. The number of nitrogens with zero attached hydrogens (tertiary/aromatic N) is 3. The van der Waals surface area contributed by atoms with Crippen LogP contribution in [0.5, 0.6) is 5.75 Å². The van der Waals surface area contributed by atoms with E-state index < -0.39 is 15.4 Å². The first-order valence-electron chi connectivity index (χ1n) is 16.5. The highest BCUT2D eigenvalue weighted by molar-refractivity contribution is 7.90. The normalized spacial score (nSPS) is 19.0. The SMILES string of the molecule is COc1ccc(-c2nc3ccc(S(C)(=O)=O)cc3c(C(=O)NC3(c4ccccc4)CC3)c2CN2CCC(N3CCOCC3)CC2)cc1. The molecule has 0 spiro atoms. The molecule has 0 unspecified atom stereocenters. The Kier molecular flexibility index (Phi) is 8.78. The molecule has 3 aromatic carbocycles. The van der Waals surface area contributed by atoms with Gasteiger partial charge in [-0.05, 0) is 86.8 Å². The number of piperidine rings is 1. The zero-order chi connectivity index (χ0) is 32.6. The van der Waals surface area contributed by atoms with Crippen molar-refractivity contribution in [3.63, 3.8) is 0 Å². The van der Waals surface area contributed by atoms with Gasteiger partial charge in [0.25, 0.3) is 5.91 Å². The van der Waals surface area contributed by atoms with Gasteiger partial charge in [0.05, 0.1) is 47.5 Å². The third-order valence-electron chi connectivity index (χ3n) is 10.0. The van der Waals surface area contributed by atoms with E-state index in [0.29, 0.717) is 29.1 Å². The number of methoxy groups -OCH3 is 1. The summed E-state index contributed by atoms with van der Waals surface area (Å²) in [5, 5.41) is 3.95. The zero-order valence-electron chi connectivity index (χ0n) is 27.1. The number of nitrogens with one attached hydrogen (secondary N) is 1. The van der Waals surface area contributed by atoms with Crippen molar-refractivity contribution in [3.05, 3.63) is 89.5 Å². The lowest BCUT2D eigenvalue weighted by atomic mass is 9.93. The van der Waals surface area contributed by atoms with Gasteiger partial charge in [0, 0.05) is 48.4 Å². The molecule has 4 aromatic rings. The molecule has 1 saturated carbocycles. The van der Waals surface area contributed by atoms with E-state index in [0.717, 1.165) is 93.2 Å². The molecule has 3 aliphatic rings. The third-order valence-corrected chi connectivity index (χ3v) is 11.1. The Hall–Kier alpha value is -3.83. The Morgan fingerprint density at radius 1 is 0.979 bits per heavy atom. The molecule has 1 N–H and O–H groups in total. The van der Waals surface area contributed by atoms with Gasteiger partial charge in [0.15, 0.2) is 9.84 Å². The van der Waals surface area contributed by atoms with E-state index in [1.807, 2.05) is 42.5 Å². The molecule has 2 aliphatic heterocycles. The van der Waals surface area contributed by atoms with Gasteiger partial charge in [0.1, 0.15) is 5.75 Å². The monoisotopic (exact) mass is 654 g/mol. The number of benzene rings is 3. The fraction of sp³-hybridized carbons (Fsp3) is 0.405. The maximum Gasteiger partial charge on any atom is 0.253 e. The van der Waals surface area contributed by atoms with Gasteiger partial charge in [-0.2, -0.15) is 0 Å². The molecule has 3 heterocycles. The number of hydrogen-bond acceptors (Lipinski definition) is 8. The molecule has 1 aliphatic carbocycles. The number of morpholine rings is 1. The van der Waals surface area contributed by atoms with Crippen molar-refractivity contribution in [1.82, 2.24) is 20.1 Å². The minimum atomic E-state index is -3.53. The number of carbonyl (C=O) groups excluding carboxylic acids is 1. The minimum absolute atomic E-state index is 0.166. The predicted molar refractivity (Wildman–Crippen MR) is 182 cm³/mol. The van der Waals surface area contributed by atoms with Gasteiger partial charge in [-0.15, -0.1) is 0 Å². The van der Waals surface area contributed by atoms with E-state index in [2.05, 4.69) is 27.2 Å². The Morgan fingerprint density at radius 2 is 1.68 bits per heavy atom. The highest BCUT2D eigenvalue weighted by Gasteiger charge is 2.46. The van der Waals surface area contributed by atoms with E-state index in [-0.39, 0.29) is 10.8 Å². The molecule has 0 atom stereocenters. The van der Waals surface area contributed by atoms with E-state index >= 15 is 0 Å². The minimum Gasteiger partial charge on any atom is -0.497 e. The molecule has 47 heavy (non-hydrogen) atoms. The summed E-state index contributed by atoms with van der Waals surface area (Å²) < 4.78 is 36.5. The molecule has 9 nitrogen and oxygen atoms in total. The Morgan fingerprint density at radius 3 is 2.32 bits per heavy atom. The third kappa shape index (κ3) is 6.65. The number of pyridine rings is 1. The van der Waals surface area contributed by atoms with Crippen LogP contribution in [-0.4, -0.2) is 87.9 Å². The average molecular weight is 655 g/mol. The molecule has 0 radical (unpaired) electrons. The molecule has 7 rings (SSSR count). The first-order chi connectivity index (χ1) is 22.7. The van der Waals surface area contributed by atoms with Gasteiger partial charge in [-0.25, -0.2) is 13.4 Å². The highest BCUT2D eigenvalue weighted by atomic mass is 32.2. The summed E-state index contributed by atoms with van der Waals surface area (Å²) in [6, 6.07) is 23.3. The van der Waals surface area contributed by atoms with Crippen LogP contribution in [0.3, 0.4) is 0 Å². The summed E-state index contributed by atoms with van der Waals surface area (Å²) in [6.07, 6.45) is 4.96. The molecular weight excluding hydrogens is 612 g/mol. The number of hydrogen-bond donors (Lipinski definition) is 1. The standard InChI is InChI=1S/C37H42N4O5S/c1-45-29-10-8-26(9-11-29)35-32(25-40-18-14-28(15-19-40)41-20-22-46-23-21-41)34(31-24-30(47(2,43)44)12-13-33(31)38-35)36(42)39-37(16-17-37)27-6-4-3-5-7-27/h3-13,24,28H,14-23,25H2,1-2H3,(H,39,42). The molecule has 0 bridgehead atoms. The molecule has 246 valence electrons. The lowest BCUT2D eigenvalue weighted by Crippen LogP contribution is -2.48. The number of fused-ring (bicyclic) bond motifs is 1. The number of ether oxygens (including phenoxy) is 2. The summed E-state index contributed by atoms with van der Waals surface area (Å²) in [4.78, 5) is 25.0. The van der Waals surface area contributed by atoms with Crippen molar-refractivity contribution in [1.29, 1.82) is 0 Å². The predicted octanol–water partition coefficient (Wildman–Crippen LogP) is 5.03. The molecule has 10 heteroatoms. The number of sulfone groups is 1. The summed E-state index contributed by atoms with van der Waals surface area (Å²) >= 11 is 0. The van der Waals surface area contributed by atoms with Crippen molar-refractivity contribution in [2.24, 2.45) is 0 Å². The van der Waals surface area contributed by atoms with Crippen LogP contribution in [0.2, 0.25) is 0 Å². The van der Waals surface area contributed by atoms with E-state index in [9.17, 15) is 13.2 Å². The average Bonchev–Trinajstić information content (AvgIpc) is 3.89. The maximum atomic E-state index is 14.7. The van der Waals surface area contributed by atoms with Crippen molar-refractivity contribution >= 4 is 26.6 Å². The maximum absolute atomic E-state index is 14.7.